The van der Waals surface area contributed by atoms with E-state index in [0.717, 1.165) is 12.1 Å². The minimum atomic E-state index is -0.778. The molecule has 1 aliphatic heterocycles. The molecule has 0 spiro atoms. The number of benzene rings is 2. The third kappa shape index (κ3) is 3.36. The first-order valence-corrected chi connectivity index (χ1v) is 9.37. The van der Waals surface area contributed by atoms with Gasteiger partial charge in [0.2, 0.25) is 0 Å². The highest BCUT2D eigenvalue weighted by Gasteiger charge is 2.26. The number of hydrogen-bond donors (Lipinski definition) is 1. The van der Waals surface area contributed by atoms with Gasteiger partial charge < -0.3 is 4.74 Å². The van der Waals surface area contributed by atoms with Crippen molar-refractivity contribution in [3.8, 4) is 11.1 Å². The Morgan fingerprint density at radius 2 is 2.04 bits per heavy atom. The van der Waals surface area contributed by atoms with Gasteiger partial charge in [-0.3, -0.25) is 14.3 Å². The van der Waals surface area contributed by atoms with E-state index in [1.165, 1.54) is 35.6 Å². The van der Waals surface area contributed by atoms with Crippen molar-refractivity contribution in [2.45, 2.75) is 17.5 Å². The van der Waals surface area contributed by atoms with Crippen LogP contribution in [0.1, 0.15) is 0 Å². The molecule has 0 saturated heterocycles. The van der Waals surface area contributed by atoms with Crippen LogP contribution in [0.5, 0.6) is 0 Å². The minimum absolute atomic E-state index is 0. The van der Waals surface area contributed by atoms with Crippen LogP contribution in [-0.2, 0) is 11.3 Å². The standard InChI is InChI=1S/C18H13ClF2N2O3S.H2S/c1-26-9-6-23-15-11(17(24)22-18(23)25)5-12(19)14(16(15)27-7-9)10-3-2-8(20)4-13(10)21;/h2-5,9H,6-7H2,1H3,(H,22,24,25);1H2/t9-;/m0./s1. The Hall–Kier alpha value is -1.81. The van der Waals surface area contributed by atoms with Gasteiger partial charge in [-0.25, -0.2) is 13.6 Å². The zero-order valence-electron chi connectivity index (χ0n) is 14.5. The molecule has 3 aromatic rings. The Kier molecular flexibility index (Phi) is 5.90. The molecule has 28 heavy (non-hydrogen) atoms. The number of methoxy groups -OCH3 is 1. The molecule has 4 rings (SSSR count). The molecule has 10 heteroatoms. The quantitative estimate of drug-likeness (QED) is 0.657. The van der Waals surface area contributed by atoms with E-state index in [1.807, 2.05) is 0 Å². The van der Waals surface area contributed by atoms with Crippen LogP contribution in [0, 0.1) is 11.6 Å². The lowest BCUT2D eigenvalue weighted by Gasteiger charge is -2.16. The summed E-state index contributed by atoms with van der Waals surface area (Å²) in [7, 11) is 1.53. The van der Waals surface area contributed by atoms with E-state index in [-0.39, 0.29) is 42.1 Å². The summed E-state index contributed by atoms with van der Waals surface area (Å²) in [4.78, 5) is 27.5. The van der Waals surface area contributed by atoms with Crippen molar-refractivity contribution in [1.29, 1.82) is 0 Å². The van der Waals surface area contributed by atoms with Gasteiger partial charge in [0.05, 0.1) is 28.6 Å². The normalized spacial score (nSPS) is 15.9. The van der Waals surface area contributed by atoms with Gasteiger partial charge in [0.15, 0.2) is 0 Å². The lowest BCUT2D eigenvalue weighted by molar-refractivity contribution is 0.107. The molecule has 0 bridgehead atoms. The smallest absolute Gasteiger partial charge is 0.328 e. The molecule has 2 aromatic carbocycles. The number of nitrogens with zero attached hydrogens (tertiary/aromatic N) is 1. The van der Waals surface area contributed by atoms with E-state index in [4.69, 9.17) is 16.3 Å². The van der Waals surface area contributed by atoms with E-state index < -0.39 is 22.9 Å². The predicted octanol–water partition coefficient (Wildman–Crippen LogP) is 3.52. The largest absolute Gasteiger partial charge is 0.379 e. The molecule has 0 fully saturated rings. The second kappa shape index (κ2) is 7.90. The second-order valence-corrected chi connectivity index (χ2v) is 7.56. The van der Waals surface area contributed by atoms with Crippen molar-refractivity contribution in [3.05, 3.63) is 61.8 Å². The van der Waals surface area contributed by atoms with Gasteiger partial charge in [-0.1, -0.05) is 11.6 Å². The van der Waals surface area contributed by atoms with Crippen molar-refractivity contribution in [2.75, 3.05) is 12.9 Å². The molecular weight excluding hydrogens is 430 g/mol. The fourth-order valence-electron chi connectivity index (χ4n) is 3.22. The van der Waals surface area contributed by atoms with Gasteiger partial charge >= 0.3 is 5.69 Å². The Labute approximate surface area is 174 Å². The van der Waals surface area contributed by atoms with E-state index in [9.17, 15) is 18.4 Å². The van der Waals surface area contributed by atoms with Crippen molar-refractivity contribution in [3.63, 3.8) is 0 Å². The van der Waals surface area contributed by atoms with Gasteiger partial charge in [0.1, 0.15) is 11.6 Å². The summed E-state index contributed by atoms with van der Waals surface area (Å²) < 4.78 is 34.7. The Morgan fingerprint density at radius 3 is 2.71 bits per heavy atom. The number of thioether (sulfide) groups is 1. The van der Waals surface area contributed by atoms with E-state index >= 15 is 0 Å². The average molecular weight is 445 g/mol. The number of aromatic amines is 1. The minimum Gasteiger partial charge on any atom is -0.379 e. The van der Waals surface area contributed by atoms with Crippen LogP contribution >= 0.6 is 36.9 Å². The van der Waals surface area contributed by atoms with Gasteiger partial charge in [0.25, 0.3) is 5.56 Å². The summed E-state index contributed by atoms with van der Waals surface area (Å²) >= 11 is 7.72. The molecule has 5 nitrogen and oxygen atoms in total. The molecule has 0 saturated carbocycles. The molecule has 0 aliphatic carbocycles. The summed E-state index contributed by atoms with van der Waals surface area (Å²) in [6, 6.07) is 4.60. The number of hydrogen-bond acceptors (Lipinski definition) is 4. The van der Waals surface area contributed by atoms with Gasteiger partial charge in [-0.05, 0) is 18.2 Å². The molecule has 1 atom stereocenters. The Morgan fingerprint density at radius 1 is 1.29 bits per heavy atom. The monoisotopic (exact) mass is 444 g/mol. The first-order chi connectivity index (χ1) is 12.9. The van der Waals surface area contributed by atoms with Crippen molar-refractivity contribution >= 4 is 47.8 Å². The summed E-state index contributed by atoms with van der Waals surface area (Å²) in [5.74, 6) is -1.02. The SMILES string of the molecule is CO[C@@H]1CSc2c(-c3ccc(F)cc3F)c(Cl)cc3c(=O)[nH]c(=O)n(c23)C1.S. The summed E-state index contributed by atoms with van der Waals surface area (Å²) in [6.07, 6.45) is -0.293. The highest BCUT2D eigenvalue weighted by atomic mass is 35.5. The Balaban J connectivity index is 0.00000225. The van der Waals surface area contributed by atoms with E-state index in [2.05, 4.69) is 4.98 Å². The number of ether oxygens (including phenoxy) is 1. The maximum absolute atomic E-state index is 14.5. The van der Waals surface area contributed by atoms with Crippen molar-refractivity contribution in [1.82, 2.24) is 9.55 Å². The van der Waals surface area contributed by atoms with Gasteiger partial charge in [0, 0.05) is 35.0 Å². The summed E-state index contributed by atoms with van der Waals surface area (Å²) in [5, 5.41) is 0.368. The number of nitrogens with one attached hydrogen (secondary N) is 1. The maximum atomic E-state index is 14.5. The third-order valence-electron chi connectivity index (χ3n) is 4.52. The molecule has 0 unspecified atom stereocenters. The van der Waals surface area contributed by atoms with Crippen LogP contribution in [-0.4, -0.2) is 28.5 Å². The summed E-state index contributed by atoms with van der Waals surface area (Å²) in [5.41, 5.74) is -0.359. The number of H-pyrrole nitrogens is 1. The van der Waals surface area contributed by atoms with Crippen LogP contribution in [0.15, 0.2) is 38.8 Å². The average Bonchev–Trinajstić information content (AvgIpc) is 2.81. The zero-order valence-corrected chi connectivity index (χ0v) is 17.1. The fourth-order valence-corrected chi connectivity index (χ4v) is 4.90. The van der Waals surface area contributed by atoms with Gasteiger partial charge in [-0.2, -0.15) is 13.5 Å². The molecule has 1 aliphatic rings. The van der Waals surface area contributed by atoms with Gasteiger partial charge in [-0.15, -0.1) is 11.8 Å². The van der Waals surface area contributed by atoms with Crippen LogP contribution in [0.2, 0.25) is 5.02 Å². The first-order valence-electron chi connectivity index (χ1n) is 8.01. The van der Waals surface area contributed by atoms with Crippen molar-refractivity contribution in [2.24, 2.45) is 0 Å². The molecule has 0 radical (unpaired) electrons. The molecule has 0 amide bonds. The lowest BCUT2D eigenvalue weighted by atomic mass is 10.0. The topological polar surface area (TPSA) is 64.1 Å². The fraction of sp³-hybridized carbons (Fsp3) is 0.222. The van der Waals surface area contributed by atoms with Crippen LogP contribution in [0.25, 0.3) is 22.0 Å². The predicted molar refractivity (Wildman–Crippen MR) is 111 cm³/mol. The zero-order chi connectivity index (χ0) is 19.3. The number of aromatic nitrogens is 2. The molecule has 1 N–H and O–H groups in total. The highest BCUT2D eigenvalue weighted by Crippen LogP contribution is 2.43. The van der Waals surface area contributed by atoms with Crippen LogP contribution in [0.4, 0.5) is 8.78 Å². The second-order valence-electron chi connectivity index (χ2n) is 6.12. The Bertz CT molecular complexity index is 1200. The molecule has 1 aromatic heterocycles. The molecular formula is C18H15ClF2N2O3S2. The van der Waals surface area contributed by atoms with E-state index in [1.54, 1.807) is 0 Å². The number of halogens is 3. The lowest BCUT2D eigenvalue weighted by Crippen LogP contribution is -2.34. The first kappa shape index (κ1) is 20.9. The molecule has 148 valence electrons. The van der Waals surface area contributed by atoms with E-state index in [0.29, 0.717) is 21.7 Å². The number of rotatable bonds is 2. The van der Waals surface area contributed by atoms with Crippen LogP contribution < -0.4 is 11.2 Å². The van der Waals surface area contributed by atoms with Crippen LogP contribution in [0.3, 0.4) is 0 Å². The molecule has 2 heterocycles. The third-order valence-corrected chi connectivity index (χ3v) is 6.04. The van der Waals surface area contributed by atoms with Crippen molar-refractivity contribution < 1.29 is 13.5 Å². The summed E-state index contributed by atoms with van der Waals surface area (Å²) in [6.45, 7) is 0.232. The maximum Gasteiger partial charge on any atom is 0.328 e. The highest BCUT2D eigenvalue weighted by molar-refractivity contribution is 7.99.